The van der Waals surface area contributed by atoms with E-state index >= 15 is 0 Å². The Bertz CT molecular complexity index is 1540. The first-order valence-corrected chi connectivity index (χ1v) is 11.5. The maximum absolute atomic E-state index is 14.6. The van der Waals surface area contributed by atoms with Crippen molar-refractivity contribution < 1.29 is 12.8 Å². The zero-order valence-electron chi connectivity index (χ0n) is 18.1. The highest BCUT2D eigenvalue weighted by atomic mass is 32.2. The highest BCUT2D eigenvalue weighted by Crippen LogP contribution is 2.26. The summed E-state index contributed by atoms with van der Waals surface area (Å²) in [6, 6.07) is 14.1. The minimum Gasteiger partial charge on any atom is -0.277 e. The molecule has 6 nitrogen and oxygen atoms in total. The number of nitrogens with one attached hydrogen (secondary N) is 1. The molecule has 0 aliphatic rings. The van der Waals surface area contributed by atoms with Crippen LogP contribution in [0.1, 0.15) is 22.5 Å². The normalized spacial score (nSPS) is 11.7. The molecule has 0 saturated heterocycles. The van der Waals surface area contributed by atoms with Crippen molar-refractivity contribution in [2.75, 3.05) is 4.72 Å². The molecule has 4 rings (SSSR count). The zero-order chi connectivity index (χ0) is 23.2. The molecule has 0 atom stereocenters. The molecule has 0 fully saturated rings. The van der Waals surface area contributed by atoms with E-state index in [0.717, 1.165) is 17.2 Å². The SMILES string of the molecule is Cc1cc(C)c(S(=O)(=O)Nc2cc(-n3c(C)nc4ccccc4c3=O)ccc2F)cc1C. The van der Waals surface area contributed by atoms with Crippen molar-refractivity contribution in [3.05, 3.63) is 93.3 Å². The number of halogens is 1. The Morgan fingerprint density at radius 1 is 0.906 bits per heavy atom. The summed E-state index contributed by atoms with van der Waals surface area (Å²) >= 11 is 0. The Kier molecular flexibility index (Phi) is 5.34. The second-order valence-corrected chi connectivity index (χ2v) is 9.44. The summed E-state index contributed by atoms with van der Waals surface area (Å²) in [5.74, 6) is -0.350. The molecule has 0 amide bonds. The molecule has 4 aromatic rings. The lowest BCUT2D eigenvalue weighted by atomic mass is 10.1. The minimum atomic E-state index is -4.05. The van der Waals surface area contributed by atoms with Crippen molar-refractivity contribution in [1.82, 2.24) is 9.55 Å². The highest BCUT2D eigenvalue weighted by molar-refractivity contribution is 7.92. The van der Waals surface area contributed by atoms with E-state index in [1.807, 2.05) is 13.8 Å². The summed E-state index contributed by atoms with van der Waals surface area (Å²) in [5, 5.41) is 0.412. The van der Waals surface area contributed by atoms with E-state index in [-0.39, 0.29) is 16.1 Å². The Balaban J connectivity index is 1.82. The third-order valence-corrected chi connectivity index (χ3v) is 6.98. The number of aryl methyl sites for hydroxylation is 4. The number of hydrogen-bond acceptors (Lipinski definition) is 4. The molecule has 32 heavy (non-hydrogen) atoms. The second-order valence-electron chi connectivity index (χ2n) is 7.79. The van der Waals surface area contributed by atoms with Crippen LogP contribution in [0.2, 0.25) is 0 Å². The Labute approximate surface area is 185 Å². The minimum absolute atomic E-state index is 0.0751. The molecule has 0 radical (unpaired) electrons. The van der Waals surface area contributed by atoms with E-state index in [1.165, 1.54) is 16.7 Å². The molecule has 164 valence electrons. The maximum Gasteiger partial charge on any atom is 0.265 e. The van der Waals surface area contributed by atoms with Gasteiger partial charge in [0.2, 0.25) is 0 Å². The molecule has 8 heteroatoms. The Morgan fingerprint density at radius 3 is 2.34 bits per heavy atom. The summed E-state index contributed by atoms with van der Waals surface area (Å²) in [6.45, 7) is 7.07. The van der Waals surface area contributed by atoms with E-state index < -0.39 is 15.8 Å². The quantitative estimate of drug-likeness (QED) is 0.493. The van der Waals surface area contributed by atoms with Crippen molar-refractivity contribution >= 4 is 26.6 Å². The summed E-state index contributed by atoms with van der Waals surface area (Å²) in [6.07, 6.45) is 0. The van der Waals surface area contributed by atoms with Gasteiger partial charge >= 0.3 is 0 Å². The maximum atomic E-state index is 14.6. The predicted octanol–water partition coefficient (Wildman–Crippen LogP) is 4.56. The monoisotopic (exact) mass is 451 g/mol. The van der Waals surface area contributed by atoms with Gasteiger partial charge in [0.15, 0.2) is 0 Å². The van der Waals surface area contributed by atoms with E-state index in [4.69, 9.17) is 0 Å². The Morgan fingerprint density at radius 2 is 1.59 bits per heavy atom. The van der Waals surface area contributed by atoms with Gasteiger partial charge in [-0.05, 0) is 80.8 Å². The van der Waals surface area contributed by atoms with Gasteiger partial charge in [0, 0.05) is 0 Å². The van der Waals surface area contributed by atoms with Crippen LogP contribution in [0.25, 0.3) is 16.6 Å². The van der Waals surface area contributed by atoms with Gasteiger partial charge in [-0.2, -0.15) is 0 Å². The molecule has 0 bridgehead atoms. The molecule has 0 aliphatic heterocycles. The number of rotatable bonds is 4. The first-order chi connectivity index (χ1) is 15.1. The topological polar surface area (TPSA) is 81.1 Å². The number of para-hydroxylation sites is 1. The molecule has 1 N–H and O–H groups in total. The van der Waals surface area contributed by atoms with Gasteiger partial charge in [-0.25, -0.2) is 17.8 Å². The fraction of sp³-hybridized carbons (Fsp3) is 0.167. The van der Waals surface area contributed by atoms with Gasteiger partial charge in [0.1, 0.15) is 11.6 Å². The third kappa shape index (κ3) is 3.78. The van der Waals surface area contributed by atoms with Gasteiger partial charge in [-0.1, -0.05) is 18.2 Å². The van der Waals surface area contributed by atoms with Crippen LogP contribution < -0.4 is 10.3 Å². The number of sulfonamides is 1. The molecule has 1 heterocycles. The standard InChI is InChI=1S/C24H22FN3O3S/c1-14-11-16(3)23(12-15(14)2)32(30,31)27-22-13-18(9-10-20(22)25)28-17(4)26-21-8-6-5-7-19(21)24(28)29/h5-13,27H,1-4H3. The average Bonchev–Trinajstić information content (AvgIpc) is 2.72. The van der Waals surface area contributed by atoms with E-state index in [9.17, 15) is 17.6 Å². The van der Waals surface area contributed by atoms with Gasteiger partial charge in [-0.3, -0.25) is 14.1 Å². The first kappa shape index (κ1) is 21.7. The molecular weight excluding hydrogens is 429 g/mol. The number of nitrogens with zero attached hydrogens (tertiary/aromatic N) is 2. The molecular formula is C24H22FN3O3S. The van der Waals surface area contributed by atoms with Crippen LogP contribution in [-0.4, -0.2) is 18.0 Å². The van der Waals surface area contributed by atoms with Crippen molar-refractivity contribution in [2.24, 2.45) is 0 Å². The average molecular weight is 452 g/mol. The smallest absolute Gasteiger partial charge is 0.265 e. The van der Waals surface area contributed by atoms with Crippen LogP contribution in [0, 0.1) is 33.5 Å². The molecule has 3 aromatic carbocycles. The fourth-order valence-electron chi connectivity index (χ4n) is 3.70. The molecule has 0 spiro atoms. The number of hydrogen-bond donors (Lipinski definition) is 1. The van der Waals surface area contributed by atoms with E-state index in [1.54, 1.807) is 50.2 Å². The van der Waals surface area contributed by atoms with Gasteiger partial charge in [0.25, 0.3) is 15.6 Å². The van der Waals surface area contributed by atoms with Gasteiger partial charge < -0.3 is 0 Å². The first-order valence-electron chi connectivity index (χ1n) is 9.97. The van der Waals surface area contributed by atoms with Crippen LogP contribution in [0.15, 0.2) is 64.3 Å². The summed E-state index contributed by atoms with van der Waals surface area (Å²) in [4.78, 5) is 17.6. The van der Waals surface area contributed by atoms with E-state index in [0.29, 0.717) is 28.0 Å². The fourth-order valence-corrected chi connectivity index (χ4v) is 5.07. The van der Waals surface area contributed by atoms with Gasteiger partial charge in [0.05, 0.1) is 27.2 Å². The molecule has 0 unspecified atom stereocenters. The number of fused-ring (bicyclic) bond motifs is 1. The number of anilines is 1. The molecule has 0 aliphatic carbocycles. The second kappa shape index (κ2) is 7.87. The lowest BCUT2D eigenvalue weighted by molar-refractivity contribution is 0.598. The summed E-state index contributed by atoms with van der Waals surface area (Å²) in [7, 11) is -4.05. The van der Waals surface area contributed by atoms with Crippen molar-refractivity contribution in [3.63, 3.8) is 0 Å². The zero-order valence-corrected chi connectivity index (χ0v) is 18.9. The van der Waals surface area contributed by atoms with Crippen LogP contribution in [0.4, 0.5) is 10.1 Å². The number of aromatic nitrogens is 2. The van der Waals surface area contributed by atoms with Crippen LogP contribution in [0.3, 0.4) is 0 Å². The van der Waals surface area contributed by atoms with Gasteiger partial charge in [-0.15, -0.1) is 0 Å². The lowest BCUT2D eigenvalue weighted by Gasteiger charge is -2.15. The van der Waals surface area contributed by atoms with Crippen molar-refractivity contribution in [1.29, 1.82) is 0 Å². The number of benzene rings is 3. The van der Waals surface area contributed by atoms with Crippen LogP contribution in [-0.2, 0) is 10.0 Å². The Hall–Kier alpha value is -3.52. The molecule has 1 aromatic heterocycles. The van der Waals surface area contributed by atoms with Crippen LogP contribution in [0.5, 0.6) is 0 Å². The van der Waals surface area contributed by atoms with Crippen molar-refractivity contribution in [2.45, 2.75) is 32.6 Å². The molecule has 0 saturated carbocycles. The highest BCUT2D eigenvalue weighted by Gasteiger charge is 2.21. The largest absolute Gasteiger partial charge is 0.277 e. The predicted molar refractivity (Wildman–Crippen MR) is 123 cm³/mol. The van der Waals surface area contributed by atoms with E-state index in [2.05, 4.69) is 9.71 Å². The third-order valence-electron chi connectivity index (χ3n) is 5.48. The van der Waals surface area contributed by atoms with Crippen molar-refractivity contribution in [3.8, 4) is 5.69 Å². The lowest BCUT2D eigenvalue weighted by Crippen LogP contribution is -2.23. The summed E-state index contributed by atoms with van der Waals surface area (Å²) in [5.41, 5.74) is 2.63. The van der Waals surface area contributed by atoms with Crippen LogP contribution >= 0.6 is 0 Å². The summed E-state index contributed by atoms with van der Waals surface area (Å²) < 4.78 is 44.3.